The molecule has 5 fully saturated rings. The fourth-order valence-corrected chi connectivity index (χ4v) is 6.75. The highest BCUT2D eigenvalue weighted by Gasteiger charge is 2.55. The first kappa shape index (κ1) is 16.5. The third kappa shape index (κ3) is 2.60. The smallest absolute Gasteiger partial charge is 0.228 e. The molecule has 1 aliphatic heterocycles. The first-order valence-corrected chi connectivity index (χ1v) is 10.3. The monoisotopic (exact) mass is 354 g/mol. The number of anilines is 1. The third-order valence-corrected chi connectivity index (χ3v) is 7.48. The fourth-order valence-electron chi connectivity index (χ4n) is 6.75. The number of benzene rings is 1. The van der Waals surface area contributed by atoms with E-state index in [9.17, 15) is 4.79 Å². The number of carbonyl (C=O) groups excluding carboxylic acids is 1. The highest BCUT2D eigenvalue weighted by Crippen LogP contribution is 2.60. The molecule has 0 unspecified atom stereocenters. The molecule has 0 N–H and O–H groups in total. The van der Waals surface area contributed by atoms with Crippen molar-refractivity contribution in [3.05, 3.63) is 24.3 Å². The number of methoxy groups -OCH3 is 1. The Bertz CT molecular complexity index is 658. The summed E-state index contributed by atoms with van der Waals surface area (Å²) in [6.07, 6.45) is 7.70. The van der Waals surface area contributed by atoms with Crippen molar-refractivity contribution < 1.29 is 9.53 Å². The lowest BCUT2D eigenvalue weighted by Crippen LogP contribution is -2.58. The average Bonchev–Trinajstić information content (AvgIpc) is 2.66. The van der Waals surface area contributed by atoms with Crippen molar-refractivity contribution in [3.8, 4) is 5.75 Å². The zero-order chi connectivity index (χ0) is 17.7. The van der Waals surface area contributed by atoms with Crippen LogP contribution in [0.3, 0.4) is 0 Å². The summed E-state index contributed by atoms with van der Waals surface area (Å²) in [5.74, 6) is 3.91. The van der Waals surface area contributed by atoms with E-state index >= 15 is 0 Å². The van der Waals surface area contributed by atoms with Gasteiger partial charge in [-0.3, -0.25) is 4.79 Å². The van der Waals surface area contributed by atoms with Crippen LogP contribution in [0, 0.1) is 23.2 Å². The number of para-hydroxylation sites is 2. The zero-order valence-electron chi connectivity index (χ0n) is 15.8. The number of nitrogens with zero attached hydrogens (tertiary/aromatic N) is 2. The van der Waals surface area contributed by atoms with Crippen molar-refractivity contribution in [2.75, 3.05) is 38.2 Å². The number of ether oxygens (including phenoxy) is 1. The molecule has 0 aromatic heterocycles. The SMILES string of the molecule is COc1ccccc1N1CCN(C(=O)C23CC4CC(CC(C4)C2)C3)CC1. The molecule has 0 radical (unpaired) electrons. The molecule has 4 bridgehead atoms. The largest absolute Gasteiger partial charge is 0.495 e. The first-order chi connectivity index (χ1) is 12.7. The standard InChI is InChI=1S/C22H30N2O2/c1-26-20-5-3-2-4-19(20)23-6-8-24(9-7-23)21(25)22-13-16-10-17(14-22)12-18(11-16)15-22/h2-5,16-18H,6-15H2,1H3. The molecular weight excluding hydrogens is 324 g/mol. The van der Waals surface area contributed by atoms with E-state index in [0.29, 0.717) is 5.91 Å². The number of amides is 1. The number of rotatable bonds is 3. The Morgan fingerprint density at radius 1 is 0.962 bits per heavy atom. The van der Waals surface area contributed by atoms with Crippen LogP contribution in [0.2, 0.25) is 0 Å². The van der Waals surface area contributed by atoms with Gasteiger partial charge in [0.1, 0.15) is 5.75 Å². The normalized spacial score (nSPS) is 35.7. The van der Waals surface area contributed by atoms with Gasteiger partial charge in [-0.05, 0) is 68.4 Å². The Morgan fingerprint density at radius 2 is 1.54 bits per heavy atom. The maximum Gasteiger partial charge on any atom is 0.228 e. The molecule has 1 heterocycles. The first-order valence-electron chi connectivity index (χ1n) is 10.3. The van der Waals surface area contributed by atoms with E-state index < -0.39 is 0 Å². The van der Waals surface area contributed by atoms with Crippen molar-refractivity contribution in [2.45, 2.75) is 38.5 Å². The van der Waals surface area contributed by atoms with Crippen molar-refractivity contribution in [2.24, 2.45) is 23.2 Å². The van der Waals surface area contributed by atoms with Gasteiger partial charge in [0, 0.05) is 26.2 Å². The summed E-state index contributed by atoms with van der Waals surface area (Å²) in [6.45, 7) is 3.49. The average molecular weight is 354 g/mol. The lowest BCUT2D eigenvalue weighted by molar-refractivity contribution is -0.158. The topological polar surface area (TPSA) is 32.8 Å². The Hall–Kier alpha value is -1.71. The summed E-state index contributed by atoms with van der Waals surface area (Å²) in [5.41, 5.74) is 1.15. The Kier molecular flexibility index (Phi) is 3.91. The lowest BCUT2D eigenvalue weighted by atomic mass is 9.49. The molecule has 5 aliphatic rings. The van der Waals surface area contributed by atoms with Crippen LogP contribution in [-0.4, -0.2) is 44.1 Å². The molecule has 4 saturated carbocycles. The lowest BCUT2D eigenvalue weighted by Gasteiger charge is -2.57. The van der Waals surface area contributed by atoms with Gasteiger partial charge in [0.05, 0.1) is 18.2 Å². The highest BCUT2D eigenvalue weighted by molar-refractivity contribution is 5.83. The van der Waals surface area contributed by atoms with Gasteiger partial charge >= 0.3 is 0 Å². The van der Waals surface area contributed by atoms with Gasteiger partial charge in [0.25, 0.3) is 0 Å². The molecule has 1 aromatic rings. The summed E-state index contributed by atoms with van der Waals surface area (Å²) >= 11 is 0. The van der Waals surface area contributed by atoms with Crippen LogP contribution >= 0.6 is 0 Å². The number of carbonyl (C=O) groups is 1. The van der Waals surface area contributed by atoms with E-state index in [4.69, 9.17) is 4.74 Å². The van der Waals surface area contributed by atoms with E-state index in [-0.39, 0.29) is 5.41 Å². The summed E-state index contributed by atoms with van der Waals surface area (Å²) < 4.78 is 5.52. The van der Waals surface area contributed by atoms with Crippen LogP contribution in [-0.2, 0) is 4.79 Å². The molecule has 1 saturated heterocycles. The molecule has 6 rings (SSSR count). The number of piperazine rings is 1. The van der Waals surface area contributed by atoms with Crippen LogP contribution in [0.25, 0.3) is 0 Å². The predicted molar refractivity (Wildman–Crippen MR) is 102 cm³/mol. The second kappa shape index (κ2) is 6.17. The predicted octanol–water partition coefficient (Wildman–Crippen LogP) is 3.56. The van der Waals surface area contributed by atoms with E-state index in [1.165, 1.54) is 38.5 Å². The minimum atomic E-state index is 0.00135. The molecule has 140 valence electrons. The van der Waals surface area contributed by atoms with Crippen LogP contribution in [0.5, 0.6) is 5.75 Å². The van der Waals surface area contributed by atoms with Crippen LogP contribution in [0.4, 0.5) is 5.69 Å². The summed E-state index contributed by atoms with van der Waals surface area (Å²) in [4.78, 5) is 18.0. The molecule has 4 nitrogen and oxygen atoms in total. The molecule has 0 atom stereocenters. The van der Waals surface area contributed by atoms with E-state index in [1.54, 1.807) is 7.11 Å². The third-order valence-electron chi connectivity index (χ3n) is 7.48. The second-order valence-corrected chi connectivity index (χ2v) is 9.15. The summed E-state index contributed by atoms with van der Waals surface area (Å²) in [5, 5.41) is 0. The minimum absolute atomic E-state index is 0.00135. The molecule has 4 aliphatic carbocycles. The van der Waals surface area contributed by atoms with Crippen molar-refractivity contribution in [3.63, 3.8) is 0 Å². The van der Waals surface area contributed by atoms with Crippen molar-refractivity contribution in [1.29, 1.82) is 0 Å². The van der Waals surface area contributed by atoms with Crippen LogP contribution in [0.1, 0.15) is 38.5 Å². The zero-order valence-corrected chi connectivity index (χ0v) is 15.8. The molecule has 26 heavy (non-hydrogen) atoms. The quantitative estimate of drug-likeness (QED) is 0.832. The van der Waals surface area contributed by atoms with Crippen molar-refractivity contribution >= 4 is 11.6 Å². The van der Waals surface area contributed by atoms with Gasteiger partial charge in [-0.25, -0.2) is 0 Å². The summed E-state index contributed by atoms with van der Waals surface area (Å²) in [6, 6.07) is 8.21. The maximum atomic E-state index is 13.5. The molecule has 1 amide bonds. The molecule has 1 aromatic carbocycles. The van der Waals surface area contributed by atoms with Gasteiger partial charge < -0.3 is 14.5 Å². The van der Waals surface area contributed by atoms with Crippen LogP contribution < -0.4 is 9.64 Å². The summed E-state index contributed by atoms with van der Waals surface area (Å²) in [7, 11) is 1.73. The van der Waals surface area contributed by atoms with Gasteiger partial charge in [0.15, 0.2) is 0 Å². The Balaban J connectivity index is 1.28. The maximum absolute atomic E-state index is 13.5. The molecular formula is C22H30N2O2. The minimum Gasteiger partial charge on any atom is -0.495 e. The van der Waals surface area contributed by atoms with E-state index in [1.807, 2.05) is 12.1 Å². The number of hydrogen-bond acceptors (Lipinski definition) is 3. The van der Waals surface area contributed by atoms with Gasteiger partial charge in [0.2, 0.25) is 5.91 Å². The Morgan fingerprint density at radius 3 is 2.12 bits per heavy atom. The second-order valence-electron chi connectivity index (χ2n) is 9.15. The van der Waals surface area contributed by atoms with Gasteiger partial charge in [-0.2, -0.15) is 0 Å². The highest BCUT2D eigenvalue weighted by atomic mass is 16.5. The van der Waals surface area contributed by atoms with Crippen LogP contribution in [0.15, 0.2) is 24.3 Å². The van der Waals surface area contributed by atoms with Gasteiger partial charge in [-0.1, -0.05) is 12.1 Å². The van der Waals surface area contributed by atoms with E-state index in [2.05, 4.69) is 21.9 Å². The fraction of sp³-hybridized carbons (Fsp3) is 0.682. The number of hydrogen-bond donors (Lipinski definition) is 0. The van der Waals surface area contributed by atoms with Crippen molar-refractivity contribution in [1.82, 2.24) is 4.90 Å². The molecule has 4 heteroatoms. The van der Waals surface area contributed by atoms with Gasteiger partial charge in [-0.15, -0.1) is 0 Å². The van der Waals surface area contributed by atoms with E-state index in [0.717, 1.165) is 55.4 Å². The molecule has 0 spiro atoms. The Labute approximate surface area is 156 Å².